The van der Waals surface area contributed by atoms with Crippen LogP contribution < -0.4 is 10.3 Å². The zero-order valence-electron chi connectivity index (χ0n) is 19.0. The molecule has 2 aromatic heterocycles. The lowest BCUT2D eigenvalue weighted by Gasteiger charge is -2.26. The smallest absolute Gasteiger partial charge is 0.271 e. The molecule has 0 aliphatic carbocycles. The monoisotopic (exact) mass is 454 g/mol. The lowest BCUT2D eigenvalue weighted by Crippen LogP contribution is -2.35. The third-order valence-electron chi connectivity index (χ3n) is 5.83. The molecule has 1 saturated heterocycles. The van der Waals surface area contributed by atoms with Crippen LogP contribution in [0.1, 0.15) is 21.8 Å². The molecule has 34 heavy (non-hydrogen) atoms. The minimum atomic E-state index is -0.282. The van der Waals surface area contributed by atoms with Crippen molar-refractivity contribution >= 4 is 18.0 Å². The summed E-state index contributed by atoms with van der Waals surface area (Å²) in [6, 6.07) is 25.7. The van der Waals surface area contributed by atoms with Crippen LogP contribution in [0.3, 0.4) is 0 Å². The van der Waals surface area contributed by atoms with E-state index in [1.165, 1.54) is 6.21 Å². The molecular formula is C27H26N4O3. The number of rotatable bonds is 6. The number of carbonyl (C=O) groups excluding carboxylic acids is 1. The molecule has 1 amide bonds. The highest BCUT2D eigenvalue weighted by Crippen LogP contribution is 2.26. The van der Waals surface area contributed by atoms with Gasteiger partial charge in [0.15, 0.2) is 5.88 Å². The van der Waals surface area contributed by atoms with Crippen molar-refractivity contribution in [2.75, 3.05) is 31.2 Å². The Balaban J connectivity index is 1.25. The lowest BCUT2D eigenvalue weighted by molar-refractivity contribution is 0.0955. The third-order valence-corrected chi connectivity index (χ3v) is 5.83. The number of ether oxygens (including phenoxy) is 1. The Morgan fingerprint density at radius 3 is 2.47 bits per heavy atom. The number of nitrogens with zero attached hydrogens (tertiary/aromatic N) is 3. The molecule has 3 heterocycles. The molecule has 7 heteroatoms. The Morgan fingerprint density at radius 1 is 0.941 bits per heavy atom. The molecule has 1 aliphatic heterocycles. The van der Waals surface area contributed by atoms with Gasteiger partial charge in [0.2, 0.25) is 0 Å². The first-order valence-electron chi connectivity index (χ1n) is 11.3. The predicted molar refractivity (Wildman–Crippen MR) is 133 cm³/mol. The first-order valence-corrected chi connectivity index (χ1v) is 11.3. The molecule has 0 bridgehead atoms. The van der Waals surface area contributed by atoms with Gasteiger partial charge in [-0.25, -0.2) is 5.43 Å². The number of hydrogen-bond donors (Lipinski definition) is 1. The van der Waals surface area contributed by atoms with Gasteiger partial charge < -0.3 is 18.6 Å². The van der Waals surface area contributed by atoms with E-state index in [0.717, 1.165) is 41.6 Å². The second-order valence-corrected chi connectivity index (χ2v) is 8.08. The number of anilines is 1. The van der Waals surface area contributed by atoms with Gasteiger partial charge in [-0.05, 0) is 55.0 Å². The molecule has 0 atom stereocenters. The first kappa shape index (κ1) is 21.7. The maximum absolute atomic E-state index is 12.6. The maximum Gasteiger partial charge on any atom is 0.271 e. The molecule has 0 radical (unpaired) electrons. The summed E-state index contributed by atoms with van der Waals surface area (Å²) in [6.45, 7) is 5.05. The van der Waals surface area contributed by atoms with E-state index in [9.17, 15) is 4.79 Å². The van der Waals surface area contributed by atoms with Crippen LogP contribution >= 0.6 is 0 Å². The number of amides is 1. The molecule has 1 fully saturated rings. The molecule has 0 unspecified atom stereocenters. The molecule has 7 nitrogen and oxygen atoms in total. The Bertz CT molecular complexity index is 1280. The van der Waals surface area contributed by atoms with Gasteiger partial charge >= 0.3 is 0 Å². The van der Waals surface area contributed by atoms with Crippen LogP contribution in [0, 0.1) is 6.92 Å². The van der Waals surface area contributed by atoms with Gasteiger partial charge in [0.1, 0.15) is 5.76 Å². The number of furan rings is 1. The number of hydrogen-bond acceptors (Lipinski definition) is 5. The van der Waals surface area contributed by atoms with Crippen molar-refractivity contribution in [1.82, 2.24) is 9.99 Å². The van der Waals surface area contributed by atoms with Gasteiger partial charge in [-0.3, -0.25) is 4.79 Å². The predicted octanol–water partition coefficient (Wildman–Crippen LogP) is 4.65. The third kappa shape index (κ3) is 4.65. The van der Waals surface area contributed by atoms with E-state index in [2.05, 4.69) is 51.2 Å². The fourth-order valence-electron chi connectivity index (χ4n) is 4.06. The van der Waals surface area contributed by atoms with E-state index in [-0.39, 0.29) is 5.91 Å². The van der Waals surface area contributed by atoms with E-state index in [1.54, 1.807) is 12.1 Å². The molecule has 1 aliphatic rings. The largest absolute Gasteiger partial charge is 0.440 e. The zero-order valence-corrected chi connectivity index (χ0v) is 19.0. The van der Waals surface area contributed by atoms with Crippen LogP contribution in [-0.4, -0.2) is 43.0 Å². The summed E-state index contributed by atoms with van der Waals surface area (Å²) in [5.74, 6) is 1.07. The minimum Gasteiger partial charge on any atom is -0.440 e. The van der Waals surface area contributed by atoms with Crippen molar-refractivity contribution in [2.24, 2.45) is 5.10 Å². The molecule has 0 spiro atoms. The van der Waals surface area contributed by atoms with Gasteiger partial charge in [0.25, 0.3) is 5.91 Å². The molecule has 5 rings (SSSR count). The summed E-state index contributed by atoms with van der Waals surface area (Å²) < 4.78 is 13.3. The van der Waals surface area contributed by atoms with Crippen molar-refractivity contribution < 1.29 is 13.9 Å². The summed E-state index contributed by atoms with van der Waals surface area (Å²) in [7, 11) is 0. The van der Waals surface area contributed by atoms with Crippen molar-refractivity contribution in [3.8, 4) is 16.9 Å². The van der Waals surface area contributed by atoms with Crippen molar-refractivity contribution in [3.63, 3.8) is 0 Å². The number of hydrazone groups is 1. The van der Waals surface area contributed by atoms with E-state index in [1.807, 2.05) is 42.5 Å². The number of benzene rings is 2. The molecule has 2 aromatic carbocycles. The fraction of sp³-hybridized carbons (Fsp3) is 0.185. The van der Waals surface area contributed by atoms with E-state index >= 15 is 0 Å². The highest BCUT2D eigenvalue weighted by atomic mass is 16.5. The van der Waals surface area contributed by atoms with Crippen molar-refractivity contribution in [2.45, 2.75) is 6.92 Å². The number of morpholine rings is 1. The summed E-state index contributed by atoms with van der Waals surface area (Å²) in [5.41, 5.74) is 7.46. The second-order valence-electron chi connectivity index (χ2n) is 8.08. The molecular weight excluding hydrogens is 428 g/mol. The Kier molecular flexibility index (Phi) is 6.27. The molecule has 0 saturated carbocycles. The second kappa shape index (κ2) is 9.80. The Hall–Kier alpha value is -4.10. The summed E-state index contributed by atoms with van der Waals surface area (Å²) >= 11 is 0. The quantitative estimate of drug-likeness (QED) is 0.340. The SMILES string of the molecule is Cc1ccc(-c2ccccc2)n1-c1ccc(C(=O)N/N=C\c2ccc(N3CCOCC3)o2)cc1. The van der Waals surface area contributed by atoms with Gasteiger partial charge in [-0.15, -0.1) is 0 Å². The minimum absolute atomic E-state index is 0.282. The highest BCUT2D eigenvalue weighted by molar-refractivity contribution is 5.95. The van der Waals surface area contributed by atoms with Crippen molar-refractivity contribution in [3.05, 3.63) is 95.9 Å². The Labute approximate surface area is 198 Å². The standard InChI is InChI=1S/C27H26N4O3/c1-20-7-13-25(21-5-3-2-4-6-21)31(20)23-10-8-22(9-11-23)27(32)29-28-19-24-12-14-26(34-24)30-15-17-33-18-16-30/h2-14,19H,15-18H2,1H3,(H,29,32)/b28-19-. The fourth-order valence-corrected chi connectivity index (χ4v) is 4.06. The number of nitrogens with one attached hydrogen (secondary N) is 1. The van der Waals surface area contributed by atoms with E-state index in [0.29, 0.717) is 24.5 Å². The summed E-state index contributed by atoms with van der Waals surface area (Å²) in [5, 5.41) is 4.05. The van der Waals surface area contributed by atoms with Gasteiger partial charge in [0.05, 0.1) is 25.1 Å². The Morgan fingerprint density at radius 2 is 1.71 bits per heavy atom. The highest BCUT2D eigenvalue weighted by Gasteiger charge is 2.14. The van der Waals surface area contributed by atoms with Crippen LogP contribution in [0.2, 0.25) is 0 Å². The normalized spacial score (nSPS) is 14.0. The molecule has 4 aromatic rings. The molecule has 172 valence electrons. The number of aryl methyl sites for hydroxylation is 1. The van der Waals surface area contributed by atoms with Crippen LogP contribution in [0.4, 0.5) is 5.88 Å². The van der Waals surface area contributed by atoms with Crippen LogP contribution in [0.15, 0.2) is 88.4 Å². The van der Waals surface area contributed by atoms with E-state index in [4.69, 9.17) is 9.15 Å². The average Bonchev–Trinajstić information content (AvgIpc) is 3.52. The van der Waals surface area contributed by atoms with Gasteiger partial charge in [-0.1, -0.05) is 30.3 Å². The average molecular weight is 455 g/mol. The first-order chi connectivity index (χ1) is 16.7. The van der Waals surface area contributed by atoms with Crippen molar-refractivity contribution in [1.29, 1.82) is 0 Å². The van der Waals surface area contributed by atoms with Crippen LogP contribution in [0.25, 0.3) is 16.9 Å². The van der Waals surface area contributed by atoms with Crippen LogP contribution in [-0.2, 0) is 4.74 Å². The van der Waals surface area contributed by atoms with E-state index < -0.39 is 0 Å². The summed E-state index contributed by atoms with van der Waals surface area (Å²) in [4.78, 5) is 14.7. The maximum atomic E-state index is 12.6. The zero-order chi connectivity index (χ0) is 23.3. The van der Waals surface area contributed by atoms with Gasteiger partial charge in [0, 0.05) is 36.1 Å². The lowest BCUT2D eigenvalue weighted by atomic mass is 10.1. The van der Waals surface area contributed by atoms with Gasteiger partial charge in [-0.2, -0.15) is 5.10 Å². The van der Waals surface area contributed by atoms with Crippen LogP contribution in [0.5, 0.6) is 0 Å². The summed E-state index contributed by atoms with van der Waals surface area (Å²) in [6.07, 6.45) is 1.51. The topological polar surface area (TPSA) is 72.0 Å². The number of aromatic nitrogens is 1. The number of carbonyl (C=O) groups is 1. The molecule has 1 N–H and O–H groups in total.